The SMILES string of the molecule is CCc1ccc(C(=O)O[C@H]2CC[C@H](C#C/C=C/[C@H]3CC[C@H](CC)CC3)CC2)cc1. The molecule has 0 saturated heterocycles. The van der Waals surface area contributed by atoms with E-state index in [1.54, 1.807) is 0 Å². The number of hydrogen-bond donors (Lipinski definition) is 0. The zero-order valence-corrected chi connectivity index (χ0v) is 18.2. The Morgan fingerprint density at radius 3 is 2.31 bits per heavy atom. The molecule has 2 saturated carbocycles. The molecule has 0 spiro atoms. The summed E-state index contributed by atoms with van der Waals surface area (Å²) in [4.78, 5) is 12.3. The maximum absolute atomic E-state index is 12.3. The van der Waals surface area contributed by atoms with Crippen LogP contribution in [0.2, 0.25) is 0 Å². The van der Waals surface area contributed by atoms with Crippen LogP contribution in [0, 0.1) is 29.6 Å². The van der Waals surface area contributed by atoms with Crippen molar-refractivity contribution in [1.29, 1.82) is 0 Å². The first-order chi connectivity index (χ1) is 14.2. The first kappa shape index (κ1) is 21.7. The molecule has 29 heavy (non-hydrogen) atoms. The highest BCUT2D eigenvalue weighted by Crippen LogP contribution is 2.31. The molecule has 2 heteroatoms. The van der Waals surface area contributed by atoms with Gasteiger partial charge in [-0.15, -0.1) is 0 Å². The van der Waals surface area contributed by atoms with Crippen molar-refractivity contribution < 1.29 is 9.53 Å². The molecule has 2 nitrogen and oxygen atoms in total. The van der Waals surface area contributed by atoms with E-state index in [1.165, 1.54) is 37.7 Å². The highest BCUT2D eigenvalue weighted by atomic mass is 16.5. The Bertz CT molecular complexity index is 718. The molecule has 0 radical (unpaired) electrons. The fourth-order valence-corrected chi connectivity index (χ4v) is 4.56. The number of ether oxygens (including phenoxy) is 1. The summed E-state index contributed by atoms with van der Waals surface area (Å²) in [5.74, 6) is 8.63. The van der Waals surface area contributed by atoms with Gasteiger partial charge in [0.15, 0.2) is 0 Å². The van der Waals surface area contributed by atoms with Crippen molar-refractivity contribution in [2.45, 2.75) is 84.2 Å². The number of hydrogen-bond acceptors (Lipinski definition) is 2. The Balaban J connectivity index is 1.37. The summed E-state index contributed by atoms with van der Waals surface area (Å²) in [6.45, 7) is 4.42. The maximum atomic E-state index is 12.3. The van der Waals surface area contributed by atoms with E-state index in [-0.39, 0.29) is 12.1 Å². The van der Waals surface area contributed by atoms with Crippen LogP contribution in [0.4, 0.5) is 0 Å². The van der Waals surface area contributed by atoms with Gasteiger partial charge in [-0.1, -0.05) is 50.3 Å². The number of esters is 1. The number of carbonyl (C=O) groups excluding carboxylic acids is 1. The Morgan fingerprint density at radius 1 is 1.00 bits per heavy atom. The van der Waals surface area contributed by atoms with E-state index >= 15 is 0 Å². The summed E-state index contributed by atoms with van der Waals surface area (Å²) in [5, 5.41) is 0. The number of carbonyl (C=O) groups is 1. The number of benzene rings is 1. The van der Waals surface area contributed by atoms with Gasteiger partial charge in [0.1, 0.15) is 6.10 Å². The third-order valence-electron chi connectivity index (χ3n) is 6.75. The lowest BCUT2D eigenvalue weighted by atomic mass is 9.81. The summed E-state index contributed by atoms with van der Waals surface area (Å²) < 4.78 is 5.72. The second-order valence-corrected chi connectivity index (χ2v) is 8.77. The number of allylic oxidation sites excluding steroid dienone is 2. The Hall–Kier alpha value is -2.01. The average Bonchev–Trinajstić information content (AvgIpc) is 2.78. The first-order valence-corrected chi connectivity index (χ1v) is 11.7. The molecular formula is C27H36O2. The zero-order chi connectivity index (χ0) is 20.5. The summed E-state index contributed by atoms with van der Waals surface area (Å²) in [5.41, 5.74) is 1.89. The minimum Gasteiger partial charge on any atom is -0.459 e. The second kappa shape index (κ2) is 11.2. The van der Waals surface area contributed by atoms with Gasteiger partial charge in [0.05, 0.1) is 5.56 Å². The van der Waals surface area contributed by atoms with Gasteiger partial charge in [0, 0.05) is 5.92 Å². The summed E-state index contributed by atoms with van der Waals surface area (Å²) in [6, 6.07) is 7.76. The van der Waals surface area contributed by atoms with Crippen LogP contribution in [-0.2, 0) is 11.2 Å². The van der Waals surface area contributed by atoms with Gasteiger partial charge in [-0.25, -0.2) is 4.79 Å². The van der Waals surface area contributed by atoms with Gasteiger partial charge in [0.2, 0.25) is 0 Å². The third kappa shape index (κ3) is 6.77. The van der Waals surface area contributed by atoms with Crippen molar-refractivity contribution in [1.82, 2.24) is 0 Å². The van der Waals surface area contributed by atoms with Crippen LogP contribution < -0.4 is 0 Å². The lowest BCUT2D eigenvalue weighted by Crippen LogP contribution is -2.24. The van der Waals surface area contributed by atoms with Crippen molar-refractivity contribution in [3.8, 4) is 11.8 Å². The minimum absolute atomic E-state index is 0.0377. The quantitative estimate of drug-likeness (QED) is 0.410. The Kier molecular flexibility index (Phi) is 8.41. The Morgan fingerprint density at radius 2 is 1.69 bits per heavy atom. The molecule has 156 valence electrons. The summed E-state index contributed by atoms with van der Waals surface area (Å²) >= 11 is 0. The fourth-order valence-electron chi connectivity index (χ4n) is 4.56. The van der Waals surface area contributed by atoms with Crippen LogP contribution in [0.15, 0.2) is 36.4 Å². The van der Waals surface area contributed by atoms with Crippen LogP contribution in [0.1, 0.15) is 87.6 Å². The van der Waals surface area contributed by atoms with Crippen LogP contribution in [-0.4, -0.2) is 12.1 Å². The van der Waals surface area contributed by atoms with Gasteiger partial charge in [0.25, 0.3) is 0 Å². The van der Waals surface area contributed by atoms with Gasteiger partial charge >= 0.3 is 5.97 Å². The largest absolute Gasteiger partial charge is 0.459 e. The van der Waals surface area contributed by atoms with E-state index in [1.807, 2.05) is 24.3 Å². The first-order valence-electron chi connectivity index (χ1n) is 11.7. The smallest absolute Gasteiger partial charge is 0.338 e. The third-order valence-corrected chi connectivity index (χ3v) is 6.75. The molecule has 0 amide bonds. The van der Waals surface area contributed by atoms with E-state index in [9.17, 15) is 4.79 Å². The fraction of sp³-hybridized carbons (Fsp3) is 0.593. The van der Waals surface area contributed by atoms with Gasteiger partial charge in [-0.3, -0.25) is 0 Å². The molecular weight excluding hydrogens is 356 g/mol. The van der Waals surface area contributed by atoms with Crippen molar-refractivity contribution in [3.05, 3.63) is 47.5 Å². The van der Waals surface area contributed by atoms with E-state index in [0.29, 0.717) is 11.5 Å². The van der Waals surface area contributed by atoms with E-state index < -0.39 is 0 Å². The van der Waals surface area contributed by atoms with E-state index in [0.717, 1.165) is 43.9 Å². The zero-order valence-electron chi connectivity index (χ0n) is 18.2. The van der Waals surface area contributed by atoms with Crippen LogP contribution >= 0.6 is 0 Å². The molecule has 2 aliphatic carbocycles. The topological polar surface area (TPSA) is 26.3 Å². The summed E-state index contributed by atoms with van der Waals surface area (Å²) in [7, 11) is 0. The van der Waals surface area contributed by atoms with Crippen molar-refractivity contribution >= 4 is 5.97 Å². The van der Waals surface area contributed by atoms with Crippen LogP contribution in [0.25, 0.3) is 0 Å². The number of rotatable bonds is 5. The molecule has 0 atom stereocenters. The molecule has 0 bridgehead atoms. The minimum atomic E-state index is -0.192. The molecule has 0 aliphatic heterocycles. The Labute approximate surface area is 177 Å². The molecule has 1 aromatic rings. The van der Waals surface area contributed by atoms with Crippen molar-refractivity contribution in [2.75, 3.05) is 0 Å². The molecule has 2 aliphatic rings. The molecule has 0 heterocycles. The summed E-state index contributed by atoms with van der Waals surface area (Å²) in [6.07, 6.45) is 16.1. The van der Waals surface area contributed by atoms with Crippen molar-refractivity contribution in [3.63, 3.8) is 0 Å². The standard InChI is InChI=1S/C27H36O2/c1-3-21-9-11-23(12-10-21)7-5-6-8-24-15-19-26(20-16-24)29-27(28)25-17-13-22(4-2)14-18-25/h5,7,13-14,17-18,21,23-24,26H,3-4,9-12,15-16,19-20H2,1-2H3/b7-5+/t21-,23-,24-,26-. The van der Waals surface area contributed by atoms with E-state index in [4.69, 9.17) is 4.74 Å². The van der Waals surface area contributed by atoms with Crippen LogP contribution in [0.3, 0.4) is 0 Å². The molecule has 0 aromatic heterocycles. The van der Waals surface area contributed by atoms with Gasteiger partial charge < -0.3 is 4.74 Å². The monoisotopic (exact) mass is 392 g/mol. The average molecular weight is 393 g/mol. The number of aryl methyl sites for hydroxylation is 1. The van der Waals surface area contributed by atoms with E-state index in [2.05, 4.69) is 37.8 Å². The molecule has 1 aromatic carbocycles. The van der Waals surface area contributed by atoms with Crippen LogP contribution in [0.5, 0.6) is 0 Å². The highest BCUT2D eigenvalue weighted by molar-refractivity contribution is 5.89. The molecule has 0 N–H and O–H groups in total. The predicted octanol–water partition coefficient (Wildman–Crippen LogP) is 6.74. The van der Waals surface area contributed by atoms with Gasteiger partial charge in [-0.05, 0) is 93.4 Å². The van der Waals surface area contributed by atoms with Crippen molar-refractivity contribution in [2.24, 2.45) is 17.8 Å². The lowest BCUT2D eigenvalue weighted by molar-refractivity contribution is 0.0188. The normalized spacial score (nSPS) is 27.2. The highest BCUT2D eigenvalue weighted by Gasteiger charge is 2.23. The molecule has 2 fully saturated rings. The second-order valence-electron chi connectivity index (χ2n) is 8.77. The maximum Gasteiger partial charge on any atom is 0.338 e. The molecule has 0 unspecified atom stereocenters. The lowest BCUT2D eigenvalue weighted by Gasteiger charge is -2.25. The van der Waals surface area contributed by atoms with Gasteiger partial charge in [-0.2, -0.15) is 0 Å². The molecule has 3 rings (SSSR count). The predicted molar refractivity (Wildman–Crippen MR) is 120 cm³/mol.